The van der Waals surface area contributed by atoms with E-state index in [-0.39, 0.29) is 29.6 Å². The number of ether oxygens (including phenoxy) is 3. The third-order valence-corrected chi connectivity index (χ3v) is 7.25. The van der Waals surface area contributed by atoms with Crippen LogP contribution in [-0.4, -0.2) is 58.8 Å². The van der Waals surface area contributed by atoms with E-state index in [0.717, 1.165) is 18.8 Å². The molecule has 28 heavy (non-hydrogen) atoms. The smallest absolute Gasteiger partial charge is 0.146 e. The Labute approximate surface area is 168 Å². The molecule has 0 saturated heterocycles. The molecule has 0 radical (unpaired) electrons. The van der Waals surface area contributed by atoms with Crippen molar-refractivity contribution < 1.29 is 19.3 Å². The highest BCUT2D eigenvalue weighted by atomic mass is 16.7. The number of rotatable bonds is 7. The van der Waals surface area contributed by atoms with E-state index in [9.17, 15) is 5.11 Å². The van der Waals surface area contributed by atoms with Crippen LogP contribution in [-0.2, 0) is 14.2 Å². The van der Waals surface area contributed by atoms with Crippen LogP contribution in [0, 0.1) is 17.3 Å². The van der Waals surface area contributed by atoms with Crippen molar-refractivity contribution in [3.8, 4) is 0 Å². The number of methoxy groups -OCH3 is 1. The second-order valence-electron chi connectivity index (χ2n) is 10.3. The maximum absolute atomic E-state index is 11.3. The first kappa shape index (κ1) is 20.5. The van der Waals surface area contributed by atoms with Crippen molar-refractivity contribution in [2.24, 2.45) is 17.3 Å². The summed E-state index contributed by atoms with van der Waals surface area (Å²) in [6.45, 7) is 10.5. The van der Waals surface area contributed by atoms with E-state index in [4.69, 9.17) is 14.2 Å². The van der Waals surface area contributed by atoms with Gasteiger partial charge < -0.3 is 19.3 Å². The van der Waals surface area contributed by atoms with Gasteiger partial charge >= 0.3 is 0 Å². The number of aliphatic hydroxyl groups excluding tert-OH is 1. The quantitative estimate of drug-likeness (QED) is 0.566. The third-order valence-electron chi connectivity index (χ3n) is 7.25. The van der Waals surface area contributed by atoms with Gasteiger partial charge in [-0.15, -0.1) is 0 Å². The lowest BCUT2D eigenvalue weighted by atomic mass is 9.68. The van der Waals surface area contributed by atoms with Crippen molar-refractivity contribution in [1.82, 2.24) is 14.4 Å². The molecule has 4 rings (SSSR count). The average Bonchev–Trinajstić information content (AvgIpc) is 3.29. The first-order valence-electron chi connectivity index (χ1n) is 11.1. The second kappa shape index (κ2) is 7.82. The lowest BCUT2D eigenvalue weighted by Gasteiger charge is -2.43. The van der Waals surface area contributed by atoms with Gasteiger partial charge in [0.05, 0.1) is 43.5 Å². The van der Waals surface area contributed by atoms with Crippen molar-refractivity contribution in [2.75, 3.05) is 27.1 Å². The van der Waals surface area contributed by atoms with Gasteiger partial charge in [0.2, 0.25) is 0 Å². The molecule has 0 amide bonds. The summed E-state index contributed by atoms with van der Waals surface area (Å²) < 4.78 is 16.5. The molecule has 1 aromatic heterocycles. The number of fused-ring (bicyclic) bond motifs is 4. The maximum atomic E-state index is 11.3. The third kappa shape index (κ3) is 3.71. The average molecular weight is 398 g/mol. The van der Waals surface area contributed by atoms with Crippen LogP contribution in [0.3, 0.4) is 0 Å². The first-order chi connectivity index (χ1) is 13.3. The Bertz CT molecular complexity index is 643. The van der Waals surface area contributed by atoms with E-state index in [0.29, 0.717) is 32.1 Å². The van der Waals surface area contributed by atoms with Gasteiger partial charge in [-0.3, -0.25) is 0 Å². The molecule has 2 aliphatic carbocycles. The molecule has 3 aliphatic rings. The molecule has 0 bridgehead atoms. The Morgan fingerprint density at radius 1 is 0.929 bits per heavy atom. The highest BCUT2D eigenvalue weighted by Crippen LogP contribution is 2.53. The number of hydrogen-bond donors (Lipinski definition) is 1. The molecule has 162 valence electrons. The molecule has 0 aromatic carbocycles. The van der Waals surface area contributed by atoms with Crippen LogP contribution >= 0.6 is 0 Å². The standard InChI is InChI=1S/C21H39N3O4/c1-14-6-7-17-18(10-14)23-22(17)24(23)19-12-15(28-9-8-27-13-26-5)11-16(20(19)25)21(2,3)4/h14-20,25H,6-13H2,1-5H3. The molecule has 7 heteroatoms. The minimum atomic E-state index is -0.324. The predicted octanol–water partition coefficient (Wildman–Crippen LogP) is 3.37. The summed E-state index contributed by atoms with van der Waals surface area (Å²) in [6.07, 6.45) is 5.50. The zero-order valence-electron chi connectivity index (χ0n) is 18.2. The first-order valence-corrected chi connectivity index (χ1v) is 11.1. The predicted molar refractivity (Wildman–Crippen MR) is 106 cm³/mol. The van der Waals surface area contributed by atoms with Gasteiger partial charge in [-0.05, 0) is 42.9 Å². The van der Waals surface area contributed by atoms with E-state index in [1.807, 2.05) is 0 Å². The topological polar surface area (TPSA) is 62.7 Å². The van der Waals surface area contributed by atoms with Gasteiger partial charge in [0, 0.05) is 13.5 Å². The van der Waals surface area contributed by atoms with Gasteiger partial charge in [-0.1, -0.05) is 27.7 Å². The van der Waals surface area contributed by atoms with Crippen LogP contribution in [0.15, 0.2) is 0 Å². The van der Waals surface area contributed by atoms with Crippen molar-refractivity contribution in [1.29, 1.82) is 0 Å². The lowest BCUT2D eigenvalue weighted by molar-refractivity contribution is -0.108. The van der Waals surface area contributed by atoms with Gasteiger partial charge in [0.1, 0.15) is 6.79 Å². The fourth-order valence-electron chi connectivity index (χ4n) is 5.70. The largest absolute Gasteiger partial charge is 0.391 e. The monoisotopic (exact) mass is 397 g/mol. The SMILES string of the molecule is COCOCCOC1CC(n2n3n2C2CC(C)CCC23)C(O)C(C(C)(C)C)C1. The number of nitrogens with zero attached hydrogens (tertiary/aromatic N) is 3. The summed E-state index contributed by atoms with van der Waals surface area (Å²) in [6, 6.07) is 1.41. The van der Waals surface area contributed by atoms with Gasteiger partial charge in [-0.25, -0.2) is 0 Å². The number of hydrogen-bond acceptors (Lipinski definition) is 4. The molecule has 7 nitrogen and oxygen atoms in total. The van der Waals surface area contributed by atoms with Gasteiger partial charge in [0.25, 0.3) is 0 Å². The van der Waals surface area contributed by atoms with E-state index < -0.39 is 0 Å². The minimum absolute atomic E-state index is 0.0489. The lowest BCUT2D eigenvalue weighted by Crippen LogP contribution is -2.46. The molecule has 1 aromatic rings. The normalized spacial score (nSPS) is 38.1. The van der Waals surface area contributed by atoms with Gasteiger partial charge in [0.15, 0.2) is 0 Å². The van der Waals surface area contributed by atoms with E-state index in [1.165, 1.54) is 19.3 Å². The Morgan fingerprint density at radius 3 is 2.36 bits per heavy atom. The summed E-state index contributed by atoms with van der Waals surface area (Å²) >= 11 is 0. The Kier molecular flexibility index (Phi) is 5.73. The molecule has 2 saturated carbocycles. The summed E-state index contributed by atoms with van der Waals surface area (Å²) in [7, 11) is 1.63. The Hall–Kier alpha value is -0.760. The number of aliphatic hydroxyl groups is 1. The molecule has 7 unspecified atom stereocenters. The summed E-state index contributed by atoms with van der Waals surface area (Å²) in [5.74, 6) is 1.03. The van der Waals surface area contributed by atoms with Crippen LogP contribution in [0.2, 0.25) is 0 Å². The van der Waals surface area contributed by atoms with Crippen LogP contribution < -0.4 is 0 Å². The summed E-state index contributed by atoms with van der Waals surface area (Å²) in [4.78, 5) is 7.19. The maximum Gasteiger partial charge on any atom is 0.146 e. The second-order valence-corrected chi connectivity index (χ2v) is 10.3. The fraction of sp³-hybridized carbons (Fsp3) is 1.00. The molecular formula is C21H39N3O4. The fourth-order valence-corrected chi connectivity index (χ4v) is 5.70. The molecule has 2 fully saturated rings. The van der Waals surface area contributed by atoms with Crippen LogP contribution in [0.5, 0.6) is 0 Å². The zero-order chi connectivity index (χ0) is 20.1. The Morgan fingerprint density at radius 2 is 1.64 bits per heavy atom. The summed E-state index contributed by atoms with van der Waals surface area (Å²) in [5.41, 5.74) is 0.0489. The van der Waals surface area contributed by atoms with E-state index in [1.54, 1.807) is 7.11 Å². The van der Waals surface area contributed by atoms with Gasteiger partial charge in [-0.2, -0.15) is 14.4 Å². The van der Waals surface area contributed by atoms with E-state index >= 15 is 0 Å². The molecule has 1 aliphatic heterocycles. The molecule has 1 N–H and O–H groups in total. The Balaban J connectivity index is 1.44. The zero-order valence-corrected chi connectivity index (χ0v) is 18.2. The summed E-state index contributed by atoms with van der Waals surface area (Å²) in [5, 5.41) is 11.3. The molecule has 2 heterocycles. The van der Waals surface area contributed by atoms with E-state index in [2.05, 4.69) is 42.1 Å². The van der Waals surface area contributed by atoms with Crippen LogP contribution in [0.4, 0.5) is 0 Å². The van der Waals surface area contributed by atoms with Crippen LogP contribution in [0.1, 0.15) is 77.9 Å². The minimum Gasteiger partial charge on any atom is -0.391 e. The van der Waals surface area contributed by atoms with Crippen molar-refractivity contribution >= 4 is 0 Å². The van der Waals surface area contributed by atoms with Crippen molar-refractivity contribution in [2.45, 2.75) is 90.1 Å². The highest BCUT2D eigenvalue weighted by Gasteiger charge is 2.54. The molecular weight excluding hydrogens is 358 g/mol. The van der Waals surface area contributed by atoms with Crippen LogP contribution in [0.25, 0.3) is 0 Å². The van der Waals surface area contributed by atoms with Crippen molar-refractivity contribution in [3.05, 3.63) is 0 Å². The molecule has 0 spiro atoms. The molecule has 7 atom stereocenters. The highest BCUT2D eigenvalue weighted by molar-refractivity contribution is 5.01. The van der Waals surface area contributed by atoms with Crippen molar-refractivity contribution in [3.63, 3.8) is 0 Å². The number of aromatic nitrogens is 3.